The Morgan fingerprint density at radius 1 is 1.50 bits per heavy atom. The molecule has 0 spiro atoms. The molecule has 6 nitrogen and oxygen atoms in total. The Hall–Kier alpha value is -0.890. The van der Waals surface area contributed by atoms with Crippen LogP contribution in [0, 0.1) is 0 Å². The van der Waals surface area contributed by atoms with Gasteiger partial charge in [0.2, 0.25) is 10.0 Å². The normalized spacial score (nSPS) is 16.0. The zero-order valence-electron chi connectivity index (χ0n) is 11.9. The molecule has 0 amide bonds. The maximum Gasteiger partial charge on any atom is 0.244 e. The molecule has 2 rings (SSSR count). The second-order valence-corrected chi connectivity index (χ2v) is 7.18. The Kier molecular flexibility index (Phi) is 4.85. The molecular formula is C13H22N2O4S. The van der Waals surface area contributed by atoms with Crippen LogP contribution in [0.4, 0.5) is 0 Å². The average Bonchev–Trinajstić information content (AvgIpc) is 3.17. The van der Waals surface area contributed by atoms with Gasteiger partial charge < -0.3 is 14.4 Å². The van der Waals surface area contributed by atoms with E-state index in [9.17, 15) is 13.5 Å². The number of nitrogens with zero attached hydrogens (tertiary/aromatic N) is 2. The smallest absolute Gasteiger partial charge is 0.244 e. The van der Waals surface area contributed by atoms with Crippen LogP contribution in [0.3, 0.4) is 0 Å². The molecule has 0 saturated heterocycles. The van der Waals surface area contributed by atoms with Crippen LogP contribution in [0.5, 0.6) is 0 Å². The van der Waals surface area contributed by atoms with Crippen molar-refractivity contribution in [2.45, 2.75) is 36.8 Å². The fraction of sp³-hybridized carbons (Fsp3) is 0.692. The van der Waals surface area contributed by atoms with Gasteiger partial charge in [-0.05, 0) is 25.3 Å². The van der Waals surface area contributed by atoms with Crippen LogP contribution in [0.1, 0.15) is 31.0 Å². The number of hydrogen-bond acceptors (Lipinski definition) is 4. The molecular weight excluding hydrogens is 280 g/mol. The molecule has 1 aliphatic carbocycles. The molecule has 0 radical (unpaired) electrons. The Morgan fingerprint density at radius 3 is 2.75 bits per heavy atom. The Labute approximate surface area is 120 Å². The van der Waals surface area contributed by atoms with Gasteiger partial charge in [-0.1, -0.05) is 0 Å². The number of aromatic nitrogens is 1. The number of aliphatic hydroxyl groups excluding tert-OH is 1. The molecule has 114 valence electrons. The highest BCUT2D eigenvalue weighted by Gasteiger charge is 2.29. The molecule has 0 atom stereocenters. The van der Waals surface area contributed by atoms with E-state index in [1.165, 1.54) is 4.31 Å². The van der Waals surface area contributed by atoms with Crippen LogP contribution in [0.15, 0.2) is 17.2 Å². The third kappa shape index (κ3) is 3.22. The first-order chi connectivity index (χ1) is 9.50. The number of rotatable bonds is 8. The van der Waals surface area contributed by atoms with E-state index in [0.717, 1.165) is 12.8 Å². The summed E-state index contributed by atoms with van der Waals surface area (Å²) in [6, 6.07) is 1.92. The first kappa shape index (κ1) is 15.5. The molecule has 0 aromatic carbocycles. The predicted octanol–water partition coefficient (Wildman–Crippen LogP) is 0.972. The molecule has 1 aromatic rings. The van der Waals surface area contributed by atoms with Crippen molar-refractivity contribution in [2.24, 2.45) is 0 Å². The lowest BCUT2D eigenvalue weighted by Gasteiger charge is -2.15. The maximum atomic E-state index is 12.4. The summed E-state index contributed by atoms with van der Waals surface area (Å²) in [5, 5.41) is 9.34. The van der Waals surface area contributed by atoms with Crippen LogP contribution < -0.4 is 0 Å². The fourth-order valence-corrected chi connectivity index (χ4v) is 3.45. The van der Waals surface area contributed by atoms with E-state index >= 15 is 0 Å². The highest BCUT2D eigenvalue weighted by Crippen LogP contribution is 2.37. The topological polar surface area (TPSA) is 71.8 Å². The number of ether oxygens (including phenoxy) is 1. The Balaban J connectivity index is 2.16. The standard InChI is InChI=1S/C13H22N2O4S/c1-14(6-3-7-19-2)20(17,18)13-8-12(10-16)15(9-13)11-4-5-11/h8-9,11,16H,3-7,10H2,1-2H3. The van der Waals surface area contributed by atoms with Gasteiger partial charge in [-0.2, -0.15) is 0 Å². The molecule has 1 fully saturated rings. The summed E-state index contributed by atoms with van der Waals surface area (Å²) < 4.78 is 33.0. The molecule has 1 N–H and O–H groups in total. The van der Waals surface area contributed by atoms with Crippen molar-refractivity contribution in [3.8, 4) is 0 Å². The Bertz CT molecular complexity index is 549. The van der Waals surface area contributed by atoms with Crippen molar-refractivity contribution in [3.05, 3.63) is 18.0 Å². The molecule has 1 heterocycles. The quantitative estimate of drug-likeness (QED) is 0.726. The van der Waals surface area contributed by atoms with Gasteiger partial charge in [-0.25, -0.2) is 12.7 Å². The van der Waals surface area contributed by atoms with E-state index in [-0.39, 0.29) is 11.5 Å². The lowest BCUT2D eigenvalue weighted by Crippen LogP contribution is -2.28. The van der Waals surface area contributed by atoms with Crippen LogP contribution in [-0.4, -0.2) is 49.7 Å². The van der Waals surface area contributed by atoms with E-state index in [0.29, 0.717) is 31.3 Å². The van der Waals surface area contributed by atoms with Crippen LogP contribution >= 0.6 is 0 Å². The Morgan fingerprint density at radius 2 is 2.20 bits per heavy atom. The van der Waals surface area contributed by atoms with E-state index < -0.39 is 10.0 Å². The molecule has 0 unspecified atom stereocenters. The lowest BCUT2D eigenvalue weighted by molar-refractivity contribution is 0.189. The summed E-state index contributed by atoms with van der Waals surface area (Å²) in [5.74, 6) is 0. The highest BCUT2D eigenvalue weighted by atomic mass is 32.2. The molecule has 1 saturated carbocycles. The fourth-order valence-electron chi connectivity index (χ4n) is 2.19. The van der Waals surface area contributed by atoms with Crippen molar-refractivity contribution >= 4 is 10.0 Å². The van der Waals surface area contributed by atoms with Crippen LogP contribution in [-0.2, 0) is 21.4 Å². The van der Waals surface area contributed by atoms with Crippen molar-refractivity contribution < 1.29 is 18.3 Å². The number of hydrogen-bond donors (Lipinski definition) is 1. The zero-order valence-corrected chi connectivity index (χ0v) is 12.8. The molecule has 0 bridgehead atoms. The average molecular weight is 302 g/mol. The molecule has 0 aliphatic heterocycles. The minimum atomic E-state index is -3.49. The summed E-state index contributed by atoms with van der Waals surface area (Å²) in [4.78, 5) is 0.258. The summed E-state index contributed by atoms with van der Waals surface area (Å²) in [7, 11) is -0.329. The second-order valence-electron chi connectivity index (χ2n) is 5.14. The minimum Gasteiger partial charge on any atom is -0.390 e. The number of aliphatic hydroxyl groups is 1. The summed E-state index contributed by atoms with van der Waals surface area (Å²) in [6.07, 6.45) is 4.39. The number of sulfonamides is 1. The third-order valence-electron chi connectivity index (χ3n) is 3.54. The van der Waals surface area contributed by atoms with Gasteiger partial charge in [0.05, 0.1) is 6.61 Å². The van der Waals surface area contributed by atoms with Gasteiger partial charge in [0.25, 0.3) is 0 Å². The largest absolute Gasteiger partial charge is 0.390 e. The van der Waals surface area contributed by atoms with E-state index in [1.807, 2.05) is 4.57 Å². The predicted molar refractivity (Wildman–Crippen MR) is 74.9 cm³/mol. The van der Waals surface area contributed by atoms with E-state index in [4.69, 9.17) is 4.74 Å². The molecule has 1 aliphatic rings. The molecule has 7 heteroatoms. The van der Waals surface area contributed by atoms with Crippen molar-refractivity contribution in [2.75, 3.05) is 27.3 Å². The molecule has 1 aromatic heterocycles. The van der Waals surface area contributed by atoms with E-state index in [1.54, 1.807) is 26.4 Å². The summed E-state index contributed by atoms with van der Waals surface area (Å²) in [5.41, 5.74) is 0.663. The summed E-state index contributed by atoms with van der Waals surface area (Å²) >= 11 is 0. The first-order valence-corrected chi connectivity index (χ1v) is 8.21. The highest BCUT2D eigenvalue weighted by molar-refractivity contribution is 7.89. The van der Waals surface area contributed by atoms with Crippen molar-refractivity contribution in [1.82, 2.24) is 8.87 Å². The lowest BCUT2D eigenvalue weighted by atomic mass is 10.4. The van der Waals surface area contributed by atoms with Crippen molar-refractivity contribution in [3.63, 3.8) is 0 Å². The summed E-state index contributed by atoms with van der Waals surface area (Å²) in [6.45, 7) is 0.809. The van der Waals surface area contributed by atoms with Crippen molar-refractivity contribution in [1.29, 1.82) is 0 Å². The van der Waals surface area contributed by atoms with Crippen LogP contribution in [0.2, 0.25) is 0 Å². The van der Waals surface area contributed by atoms with Gasteiger partial charge >= 0.3 is 0 Å². The zero-order chi connectivity index (χ0) is 14.8. The van der Waals surface area contributed by atoms with Gasteiger partial charge in [0.1, 0.15) is 4.90 Å². The van der Waals surface area contributed by atoms with Gasteiger partial charge in [0.15, 0.2) is 0 Å². The number of methoxy groups -OCH3 is 1. The van der Waals surface area contributed by atoms with Gasteiger partial charge in [-0.3, -0.25) is 0 Å². The second kappa shape index (κ2) is 6.26. The van der Waals surface area contributed by atoms with Crippen LogP contribution in [0.25, 0.3) is 0 Å². The van der Waals surface area contributed by atoms with Gasteiger partial charge in [-0.15, -0.1) is 0 Å². The minimum absolute atomic E-state index is 0.139. The third-order valence-corrected chi connectivity index (χ3v) is 5.36. The maximum absolute atomic E-state index is 12.4. The van der Waals surface area contributed by atoms with Gasteiger partial charge in [0, 0.05) is 45.2 Å². The molecule has 20 heavy (non-hydrogen) atoms. The first-order valence-electron chi connectivity index (χ1n) is 6.77. The monoisotopic (exact) mass is 302 g/mol. The van der Waals surface area contributed by atoms with E-state index in [2.05, 4.69) is 0 Å². The SMILES string of the molecule is COCCCN(C)S(=O)(=O)c1cc(CO)n(C2CC2)c1.